The molecule has 1 N–H and O–H groups in total. The van der Waals surface area contributed by atoms with Crippen molar-refractivity contribution < 1.29 is 8.42 Å². The zero-order valence-corrected chi connectivity index (χ0v) is 13.5. The van der Waals surface area contributed by atoms with Gasteiger partial charge >= 0.3 is 0 Å². The quantitative estimate of drug-likeness (QED) is 0.775. The summed E-state index contributed by atoms with van der Waals surface area (Å²) in [6, 6.07) is 0.662. The lowest BCUT2D eigenvalue weighted by Crippen LogP contribution is -2.29. The first-order valence-corrected chi connectivity index (χ1v) is 9.13. The molecule has 21 heavy (non-hydrogen) atoms. The van der Waals surface area contributed by atoms with Crippen LogP contribution in [0.4, 0.5) is 0 Å². The highest BCUT2D eigenvalue weighted by atomic mass is 32.2. The number of nitrogens with zero attached hydrogens (tertiary/aromatic N) is 3. The van der Waals surface area contributed by atoms with Crippen molar-refractivity contribution in [2.75, 3.05) is 20.1 Å². The van der Waals surface area contributed by atoms with Crippen LogP contribution in [0.15, 0.2) is 17.3 Å². The summed E-state index contributed by atoms with van der Waals surface area (Å²) in [6.45, 7) is 4.31. The molecule has 0 amide bonds. The molecule has 7 heteroatoms. The highest BCUT2D eigenvalue weighted by molar-refractivity contribution is 7.89. The lowest BCUT2D eigenvalue weighted by Gasteiger charge is -2.15. The van der Waals surface area contributed by atoms with Gasteiger partial charge in [-0.15, -0.1) is 0 Å². The Kier molecular flexibility index (Phi) is 4.07. The Morgan fingerprint density at radius 1 is 1.48 bits per heavy atom. The Bertz CT molecular complexity index is 594. The summed E-state index contributed by atoms with van der Waals surface area (Å²) in [6.07, 6.45) is 6.73. The maximum absolute atomic E-state index is 12.5. The highest BCUT2D eigenvalue weighted by Gasteiger charge is 2.36. The van der Waals surface area contributed by atoms with E-state index in [0.717, 1.165) is 13.0 Å². The van der Waals surface area contributed by atoms with Gasteiger partial charge in [-0.05, 0) is 31.1 Å². The minimum Gasteiger partial charge on any atom is -0.312 e. The monoisotopic (exact) mass is 312 g/mol. The third-order valence-corrected chi connectivity index (χ3v) is 6.21. The van der Waals surface area contributed by atoms with Crippen molar-refractivity contribution in [1.82, 2.24) is 19.4 Å². The second-order valence-corrected chi connectivity index (χ2v) is 8.47. The second-order valence-electron chi connectivity index (χ2n) is 6.43. The minimum atomic E-state index is -3.40. The van der Waals surface area contributed by atoms with Crippen LogP contribution in [0.25, 0.3) is 0 Å². The van der Waals surface area contributed by atoms with E-state index in [2.05, 4.69) is 17.3 Å². The summed E-state index contributed by atoms with van der Waals surface area (Å²) < 4.78 is 28.1. The molecule has 118 valence electrons. The Morgan fingerprint density at radius 2 is 2.19 bits per heavy atom. The number of hydrogen-bond acceptors (Lipinski definition) is 4. The summed E-state index contributed by atoms with van der Waals surface area (Å²) in [7, 11) is -1.74. The van der Waals surface area contributed by atoms with Crippen LogP contribution in [0.2, 0.25) is 0 Å². The molecule has 2 atom stereocenters. The number of nitrogens with one attached hydrogen (secondary N) is 1. The van der Waals surface area contributed by atoms with Gasteiger partial charge in [-0.2, -0.15) is 5.10 Å². The van der Waals surface area contributed by atoms with Crippen molar-refractivity contribution in [3.8, 4) is 0 Å². The molecule has 0 aliphatic heterocycles. The van der Waals surface area contributed by atoms with Gasteiger partial charge in [0.15, 0.2) is 0 Å². The van der Waals surface area contributed by atoms with Crippen molar-refractivity contribution in [3.05, 3.63) is 12.4 Å². The molecule has 0 saturated heterocycles. The maximum Gasteiger partial charge on any atom is 0.245 e. The fraction of sp³-hybridized carbons (Fsp3) is 0.786. The van der Waals surface area contributed by atoms with Gasteiger partial charge in [0.25, 0.3) is 0 Å². The average Bonchev–Trinajstić information content (AvgIpc) is 3.31. The zero-order chi connectivity index (χ0) is 15.0. The standard InChI is InChI=1S/C14H24N4O2S/c1-11-7-12(11)9-17(2)21(19,20)14-8-16-18(10-14)6-5-15-13-3-4-13/h8,10-13,15H,3-7,9H2,1-2H3. The van der Waals surface area contributed by atoms with Crippen molar-refractivity contribution in [2.24, 2.45) is 11.8 Å². The topological polar surface area (TPSA) is 67.2 Å². The fourth-order valence-corrected chi connectivity index (χ4v) is 3.72. The van der Waals surface area contributed by atoms with Crippen molar-refractivity contribution >= 4 is 10.0 Å². The van der Waals surface area contributed by atoms with E-state index in [4.69, 9.17) is 0 Å². The van der Waals surface area contributed by atoms with E-state index in [1.165, 1.54) is 23.3 Å². The first-order valence-electron chi connectivity index (χ1n) is 7.69. The van der Waals surface area contributed by atoms with Crippen LogP contribution in [-0.2, 0) is 16.6 Å². The zero-order valence-electron chi connectivity index (χ0n) is 12.7. The average molecular weight is 312 g/mol. The molecule has 0 spiro atoms. The van der Waals surface area contributed by atoms with Gasteiger partial charge in [0.1, 0.15) is 4.90 Å². The van der Waals surface area contributed by atoms with Gasteiger partial charge in [0, 0.05) is 32.4 Å². The molecule has 0 aromatic carbocycles. The molecule has 2 aliphatic rings. The molecule has 0 radical (unpaired) electrons. The van der Waals surface area contributed by atoms with Gasteiger partial charge in [0.05, 0.1) is 12.7 Å². The SMILES string of the molecule is CC1CC1CN(C)S(=O)(=O)c1cnn(CCNC2CC2)c1. The van der Waals surface area contributed by atoms with Crippen molar-refractivity contribution in [1.29, 1.82) is 0 Å². The maximum atomic E-state index is 12.5. The predicted molar refractivity (Wildman–Crippen MR) is 80.3 cm³/mol. The minimum absolute atomic E-state index is 0.296. The van der Waals surface area contributed by atoms with E-state index in [9.17, 15) is 8.42 Å². The van der Waals surface area contributed by atoms with Crippen LogP contribution in [0.3, 0.4) is 0 Å². The Hall–Kier alpha value is -0.920. The Balaban J connectivity index is 1.57. The van der Waals surface area contributed by atoms with E-state index in [0.29, 0.717) is 35.9 Å². The van der Waals surface area contributed by atoms with Gasteiger partial charge in [-0.3, -0.25) is 4.68 Å². The van der Waals surface area contributed by atoms with Crippen LogP contribution < -0.4 is 5.32 Å². The molecule has 1 aromatic heterocycles. The third-order valence-electron chi connectivity index (χ3n) is 4.44. The van der Waals surface area contributed by atoms with Gasteiger partial charge in [-0.25, -0.2) is 12.7 Å². The number of aromatic nitrogens is 2. The summed E-state index contributed by atoms with van der Waals surface area (Å²) in [5.74, 6) is 1.17. The molecule has 2 saturated carbocycles. The molecule has 1 heterocycles. The third kappa shape index (κ3) is 3.64. The molecule has 2 fully saturated rings. The summed E-state index contributed by atoms with van der Waals surface area (Å²) in [4.78, 5) is 0.296. The number of hydrogen-bond donors (Lipinski definition) is 1. The van der Waals surface area contributed by atoms with E-state index in [1.54, 1.807) is 17.9 Å². The normalized spacial score (nSPS) is 25.5. The van der Waals surface area contributed by atoms with E-state index >= 15 is 0 Å². The smallest absolute Gasteiger partial charge is 0.245 e. The molecular formula is C14H24N4O2S. The molecule has 2 aliphatic carbocycles. The second kappa shape index (κ2) is 5.70. The number of sulfonamides is 1. The lowest BCUT2D eigenvalue weighted by molar-refractivity contribution is 0.444. The Labute approximate surface area is 126 Å². The van der Waals surface area contributed by atoms with Crippen LogP contribution >= 0.6 is 0 Å². The first-order chi connectivity index (χ1) is 9.96. The van der Waals surface area contributed by atoms with E-state index in [-0.39, 0.29) is 0 Å². The summed E-state index contributed by atoms with van der Waals surface area (Å²) in [5, 5.41) is 7.56. The first kappa shape index (κ1) is 15.0. The van der Waals surface area contributed by atoms with Crippen molar-refractivity contribution in [3.63, 3.8) is 0 Å². The van der Waals surface area contributed by atoms with Gasteiger partial charge in [-0.1, -0.05) is 6.92 Å². The van der Waals surface area contributed by atoms with Crippen LogP contribution in [0.5, 0.6) is 0 Å². The van der Waals surface area contributed by atoms with Crippen LogP contribution in [0, 0.1) is 11.8 Å². The molecule has 0 bridgehead atoms. The lowest BCUT2D eigenvalue weighted by atomic mass is 10.3. The largest absolute Gasteiger partial charge is 0.312 e. The van der Waals surface area contributed by atoms with E-state index in [1.807, 2.05) is 0 Å². The molecule has 1 aromatic rings. The molecule has 6 nitrogen and oxygen atoms in total. The van der Waals surface area contributed by atoms with Crippen LogP contribution in [0.1, 0.15) is 26.2 Å². The van der Waals surface area contributed by atoms with Gasteiger partial charge < -0.3 is 5.32 Å². The predicted octanol–water partition coefficient (Wildman–Crippen LogP) is 0.912. The number of rotatable bonds is 8. The van der Waals surface area contributed by atoms with Crippen molar-refractivity contribution in [2.45, 2.75) is 43.7 Å². The molecule has 3 rings (SSSR count). The highest BCUT2D eigenvalue weighted by Crippen LogP contribution is 2.38. The van der Waals surface area contributed by atoms with Crippen LogP contribution in [-0.4, -0.2) is 48.7 Å². The molecular weight excluding hydrogens is 288 g/mol. The Morgan fingerprint density at radius 3 is 2.81 bits per heavy atom. The fourth-order valence-electron chi connectivity index (χ4n) is 2.53. The summed E-state index contributed by atoms with van der Waals surface area (Å²) in [5.41, 5.74) is 0. The summed E-state index contributed by atoms with van der Waals surface area (Å²) >= 11 is 0. The van der Waals surface area contributed by atoms with Gasteiger partial charge in [0.2, 0.25) is 10.0 Å². The van der Waals surface area contributed by atoms with E-state index < -0.39 is 10.0 Å². The molecule has 2 unspecified atom stereocenters.